The van der Waals surface area contributed by atoms with Crippen LogP contribution in [0.2, 0.25) is 0 Å². The molecule has 0 bridgehead atoms. The Kier molecular flexibility index (Phi) is 8.36. The third-order valence-electron chi connectivity index (χ3n) is 7.06. The summed E-state index contributed by atoms with van der Waals surface area (Å²) in [4.78, 5) is 44.1. The monoisotopic (exact) mass is 491 g/mol. The van der Waals surface area contributed by atoms with Crippen molar-refractivity contribution in [2.24, 2.45) is 5.92 Å². The van der Waals surface area contributed by atoms with Crippen LogP contribution in [0.4, 0.5) is 4.79 Å². The molecule has 1 aliphatic carbocycles. The van der Waals surface area contributed by atoms with Crippen LogP contribution < -0.4 is 5.32 Å². The van der Waals surface area contributed by atoms with Crippen molar-refractivity contribution in [1.29, 1.82) is 0 Å². The molecule has 1 heterocycles. The van der Waals surface area contributed by atoms with Crippen molar-refractivity contribution in [2.45, 2.75) is 63.5 Å². The van der Waals surface area contributed by atoms with Gasteiger partial charge in [-0.2, -0.15) is 0 Å². The Balaban J connectivity index is 1.55. The number of ketones is 1. The number of hydrogen-bond acceptors (Lipinski definition) is 5. The van der Waals surface area contributed by atoms with Gasteiger partial charge in [0.1, 0.15) is 11.6 Å². The molecule has 2 N–H and O–H groups in total. The maximum absolute atomic E-state index is 13.5. The van der Waals surface area contributed by atoms with Crippen LogP contribution in [0.25, 0.3) is 11.1 Å². The fraction of sp³-hybridized carbons (Fsp3) is 0.429. The molecule has 0 saturated heterocycles. The van der Waals surface area contributed by atoms with Gasteiger partial charge < -0.3 is 14.8 Å². The average molecular weight is 492 g/mol. The number of Topliss-reactive ketones (excluding diaryl/α,β-unsaturated/α-hetero) is 1. The van der Waals surface area contributed by atoms with E-state index < -0.39 is 29.9 Å². The first-order valence-corrected chi connectivity index (χ1v) is 12.6. The van der Waals surface area contributed by atoms with Crippen molar-refractivity contribution in [3.05, 3.63) is 66.1 Å². The smallest absolute Gasteiger partial charge is 0.407 e. The molecular formula is C28H33N3O5. The van der Waals surface area contributed by atoms with E-state index in [1.165, 1.54) is 13.5 Å². The average Bonchev–Trinajstić information content (AvgIpc) is 3.34. The van der Waals surface area contributed by atoms with E-state index in [4.69, 9.17) is 4.42 Å². The number of fused-ring (bicyclic) bond motifs is 1. The number of carboxylic acid groups (broad SMARTS) is 1. The van der Waals surface area contributed by atoms with E-state index >= 15 is 0 Å². The normalized spacial score (nSPS) is 15.8. The summed E-state index contributed by atoms with van der Waals surface area (Å²) in [6.45, 7) is 0. The molecule has 0 aliphatic heterocycles. The van der Waals surface area contributed by atoms with E-state index in [1.807, 2.05) is 36.4 Å². The first kappa shape index (κ1) is 25.4. The lowest BCUT2D eigenvalue weighted by Gasteiger charge is -2.31. The molecule has 1 fully saturated rings. The van der Waals surface area contributed by atoms with Gasteiger partial charge in [0.25, 0.3) is 5.89 Å². The lowest BCUT2D eigenvalue weighted by Crippen LogP contribution is -2.52. The molecule has 36 heavy (non-hydrogen) atoms. The van der Waals surface area contributed by atoms with Gasteiger partial charge in [-0.1, -0.05) is 74.6 Å². The van der Waals surface area contributed by atoms with Crippen LogP contribution >= 0.6 is 0 Å². The van der Waals surface area contributed by atoms with Crippen LogP contribution in [0.1, 0.15) is 61.2 Å². The second kappa shape index (κ2) is 11.8. The Hall–Kier alpha value is -3.68. The predicted octanol–water partition coefficient (Wildman–Crippen LogP) is 5.08. The molecule has 3 aromatic rings. The Bertz CT molecular complexity index is 1150. The SMILES string of the molecule is CN(C(=O)O)C(CC1CCCCC1)C(=O)NC(CCc1ccccc1)C(=O)c1nc2ccccc2o1. The van der Waals surface area contributed by atoms with Crippen molar-refractivity contribution >= 4 is 28.9 Å². The van der Waals surface area contributed by atoms with Crippen molar-refractivity contribution < 1.29 is 23.9 Å². The van der Waals surface area contributed by atoms with Crippen molar-refractivity contribution in [1.82, 2.24) is 15.2 Å². The molecule has 8 heteroatoms. The summed E-state index contributed by atoms with van der Waals surface area (Å²) in [5.74, 6) is -0.672. The highest BCUT2D eigenvalue weighted by molar-refractivity contribution is 6.00. The van der Waals surface area contributed by atoms with E-state index in [-0.39, 0.29) is 11.8 Å². The van der Waals surface area contributed by atoms with Crippen molar-refractivity contribution in [3.8, 4) is 0 Å². The maximum atomic E-state index is 13.5. The minimum absolute atomic E-state index is 0.0648. The number of nitrogens with one attached hydrogen (secondary N) is 1. The Morgan fingerprint density at radius 1 is 1.06 bits per heavy atom. The first-order valence-electron chi connectivity index (χ1n) is 12.6. The number of carbonyl (C=O) groups is 3. The van der Waals surface area contributed by atoms with Gasteiger partial charge in [0.15, 0.2) is 5.58 Å². The molecule has 2 unspecified atom stereocenters. The maximum Gasteiger partial charge on any atom is 0.407 e. The van der Waals surface area contributed by atoms with Gasteiger partial charge in [-0.05, 0) is 42.9 Å². The number of aromatic nitrogens is 1. The summed E-state index contributed by atoms with van der Waals surface area (Å²) in [6, 6.07) is 15.0. The Morgan fingerprint density at radius 3 is 2.44 bits per heavy atom. The number of carbonyl (C=O) groups excluding carboxylic acids is 2. The minimum atomic E-state index is -1.17. The second-order valence-electron chi connectivity index (χ2n) is 9.59. The zero-order valence-corrected chi connectivity index (χ0v) is 20.6. The number of hydrogen-bond donors (Lipinski definition) is 2. The Labute approximate surface area is 210 Å². The number of rotatable bonds is 10. The molecule has 190 valence electrons. The highest BCUT2D eigenvalue weighted by Crippen LogP contribution is 2.29. The van der Waals surface area contributed by atoms with Gasteiger partial charge in [0, 0.05) is 7.05 Å². The van der Waals surface area contributed by atoms with Crippen molar-refractivity contribution in [3.63, 3.8) is 0 Å². The van der Waals surface area contributed by atoms with Crippen LogP contribution in [0.5, 0.6) is 0 Å². The number of nitrogens with zero attached hydrogens (tertiary/aromatic N) is 2. The molecule has 0 spiro atoms. The molecule has 1 aliphatic rings. The number of oxazole rings is 1. The molecule has 1 saturated carbocycles. The van der Waals surface area contributed by atoms with E-state index in [9.17, 15) is 19.5 Å². The summed E-state index contributed by atoms with van der Waals surface area (Å²) in [7, 11) is 1.41. The predicted molar refractivity (Wildman–Crippen MR) is 136 cm³/mol. The quantitative estimate of drug-likeness (QED) is 0.383. The van der Waals surface area contributed by atoms with E-state index in [0.717, 1.165) is 36.1 Å². The number of benzene rings is 2. The second-order valence-corrected chi connectivity index (χ2v) is 9.59. The minimum Gasteiger partial charge on any atom is -0.465 e. The molecular weight excluding hydrogens is 458 g/mol. The van der Waals surface area contributed by atoms with E-state index in [2.05, 4.69) is 10.3 Å². The topological polar surface area (TPSA) is 113 Å². The third kappa shape index (κ3) is 6.30. The molecule has 2 aromatic carbocycles. The Morgan fingerprint density at radius 2 is 1.75 bits per heavy atom. The lowest BCUT2D eigenvalue weighted by molar-refractivity contribution is -0.126. The van der Waals surface area contributed by atoms with Crippen LogP contribution in [0.3, 0.4) is 0 Å². The fourth-order valence-electron chi connectivity index (χ4n) is 4.93. The number of aryl methyl sites for hydroxylation is 1. The summed E-state index contributed by atoms with van der Waals surface area (Å²) in [6.07, 6.45) is 5.47. The molecule has 4 rings (SSSR count). The van der Waals surface area contributed by atoms with Gasteiger partial charge in [-0.3, -0.25) is 14.5 Å². The number of para-hydroxylation sites is 2. The van der Waals surface area contributed by atoms with Gasteiger partial charge in [-0.25, -0.2) is 9.78 Å². The van der Waals surface area contributed by atoms with Gasteiger partial charge in [0.05, 0.1) is 6.04 Å². The first-order chi connectivity index (χ1) is 17.4. The van der Waals surface area contributed by atoms with Crippen molar-refractivity contribution in [2.75, 3.05) is 7.05 Å². The molecule has 2 amide bonds. The van der Waals surface area contributed by atoms with E-state index in [1.54, 1.807) is 18.2 Å². The van der Waals surface area contributed by atoms with Crippen LogP contribution in [0.15, 0.2) is 59.0 Å². The largest absolute Gasteiger partial charge is 0.465 e. The standard InChI is InChI=1S/C28H33N3O5/c1-31(28(34)35)23(18-20-12-6-3-7-13-20)26(33)29-22(17-16-19-10-4-2-5-11-19)25(32)27-30-21-14-8-9-15-24(21)36-27/h2,4-5,8-11,14-15,20,22-23H,3,6-7,12-13,16-18H2,1H3,(H,29,33)(H,34,35). The molecule has 8 nitrogen and oxygen atoms in total. The zero-order chi connectivity index (χ0) is 25.5. The summed E-state index contributed by atoms with van der Waals surface area (Å²) >= 11 is 0. The van der Waals surface area contributed by atoms with Crippen LogP contribution in [-0.4, -0.2) is 51.9 Å². The molecule has 0 radical (unpaired) electrons. The summed E-state index contributed by atoms with van der Waals surface area (Å²) < 4.78 is 5.70. The molecule has 1 aromatic heterocycles. The van der Waals surface area contributed by atoms with Crippen LogP contribution in [0, 0.1) is 5.92 Å². The highest BCUT2D eigenvalue weighted by Gasteiger charge is 2.34. The molecule has 2 atom stereocenters. The highest BCUT2D eigenvalue weighted by atomic mass is 16.4. The zero-order valence-electron chi connectivity index (χ0n) is 20.6. The van der Waals surface area contributed by atoms with E-state index in [0.29, 0.717) is 30.4 Å². The van der Waals surface area contributed by atoms with Gasteiger partial charge >= 0.3 is 6.09 Å². The van der Waals surface area contributed by atoms with Crippen LogP contribution in [-0.2, 0) is 11.2 Å². The summed E-state index contributed by atoms with van der Waals surface area (Å²) in [5.41, 5.74) is 2.09. The summed E-state index contributed by atoms with van der Waals surface area (Å²) in [5, 5.41) is 12.5. The third-order valence-corrected chi connectivity index (χ3v) is 7.06. The fourth-order valence-corrected chi connectivity index (χ4v) is 4.93. The van der Waals surface area contributed by atoms with Gasteiger partial charge in [-0.15, -0.1) is 0 Å². The number of amides is 2. The number of likely N-dealkylation sites (N-methyl/N-ethyl adjacent to an activating group) is 1. The lowest BCUT2D eigenvalue weighted by atomic mass is 9.84. The van der Waals surface area contributed by atoms with Gasteiger partial charge in [0.2, 0.25) is 11.7 Å².